The monoisotopic (exact) mass is 342 g/mol. The second-order valence-electron chi connectivity index (χ2n) is 5.23. The standard InChI is InChI=1S/C17H18N4O4/c1-11-3-5-13(6-4-11)20-17(24)16(23)18-9-14-7-8-15(25-14)10-19-21-12(2)22/h3-8,10H,9H2,1-2H3,(H,18,23)(H,20,24)(H,21,22)/b19-10-. The number of hydrazone groups is 1. The number of aryl methyl sites for hydroxylation is 1. The van der Waals surface area contributed by atoms with Crippen LogP contribution in [0.15, 0.2) is 45.9 Å². The van der Waals surface area contributed by atoms with E-state index in [4.69, 9.17) is 4.42 Å². The van der Waals surface area contributed by atoms with Crippen molar-refractivity contribution in [3.8, 4) is 0 Å². The number of carbonyl (C=O) groups excluding carboxylic acids is 3. The van der Waals surface area contributed by atoms with E-state index in [9.17, 15) is 14.4 Å². The molecule has 130 valence electrons. The first-order valence-electron chi connectivity index (χ1n) is 7.48. The summed E-state index contributed by atoms with van der Waals surface area (Å²) in [5.41, 5.74) is 3.84. The molecule has 1 aromatic carbocycles. The minimum absolute atomic E-state index is 0.0497. The van der Waals surface area contributed by atoms with Gasteiger partial charge >= 0.3 is 11.8 Å². The van der Waals surface area contributed by atoms with Gasteiger partial charge in [0.2, 0.25) is 5.91 Å². The number of anilines is 1. The van der Waals surface area contributed by atoms with Crippen LogP contribution in [0.5, 0.6) is 0 Å². The van der Waals surface area contributed by atoms with Gasteiger partial charge in [0, 0.05) is 12.6 Å². The molecule has 25 heavy (non-hydrogen) atoms. The summed E-state index contributed by atoms with van der Waals surface area (Å²) in [6, 6.07) is 10.4. The molecule has 0 fully saturated rings. The number of benzene rings is 1. The molecular formula is C17H18N4O4. The molecule has 0 aliphatic heterocycles. The molecule has 2 rings (SSSR count). The molecule has 0 aliphatic carbocycles. The molecule has 1 heterocycles. The number of hydrogen-bond donors (Lipinski definition) is 3. The Hall–Kier alpha value is -3.42. The molecule has 0 saturated carbocycles. The predicted octanol–water partition coefficient (Wildman–Crippen LogP) is 1.31. The highest BCUT2D eigenvalue weighted by Gasteiger charge is 2.14. The van der Waals surface area contributed by atoms with Crippen LogP contribution in [0.25, 0.3) is 0 Å². The van der Waals surface area contributed by atoms with E-state index in [-0.39, 0.29) is 12.5 Å². The lowest BCUT2D eigenvalue weighted by Crippen LogP contribution is -2.34. The van der Waals surface area contributed by atoms with Gasteiger partial charge in [-0.3, -0.25) is 14.4 Å². The maximum absolute atomic E-state index is 11.8. The van der Waals surface area contributed by atoms with Crippen molar-refractivity contribution < 1.29 is 18.8 Å². The fraction of sp³-hybridized carbons (Fsp3) is 0.176. The van der Waals surface area contributed by atoms with Crippen molar-refractivity contribution in [2.75, 3.05) is 5.32 Å². The van der Waals surface area contributed by atoms with Crippen LogP contribution in [0.2, 0.25) is 0 Å². The highest BCUT2D eigenvalue weighted by Crippen LogP contribution is 2.08. The van der Waals surface area contributed by atoms with Crippen LogP contribution in [0.1, 0.15) is 24.0 Å². The summed E-state index contributed by atoms with van der Waals surface area (Å²) in [4.78, 5) is 34.3. The summed E-state index contributed by atoms with van der Waals surface area (Å²) < 4.78 is 5.38. The van der Waals surface area contributed by atoms with Crippen molar-refractivity contribution in [3.05, 3.63) is 53.5 Å². The third-order valence-corrected chi connectivity index (χ3v) is 3.04. The van der Waals surface area contributed by atoms with Crippen molar-refractivity contribution in [1.29, 1.82) is 0 Å². The number of nitrogens with one attached hydrogen (secondary N) is 3. The molecule has 3 N–H and O–H groups in total. The maximum atomic E-state index is 11.8. The van der Waals surface area contributed by atoms with Crippen LogP contribution >= 0.6 is 0 Å². The number of rotatable bonds is 5. The summed E-state index contributed by atoms with van der Waals surface area (Å²) >= 11 is 0. The average molecular weight is 342 g/mol. The Kier molecular flexibility index (Phi) is 6.05. The number of hydrogen-bond acceptors (Lipinski definition) is 5. The molecule has 0 radical (unpaired) electrons. The molecule has 8 heteroatoms. The van der Waals surface area contributed by atoms with Crippen molar-refractivity contribution in [2.45, 2.75) is 20.4 Å². The Balaban J connectivity index is 1.82. The van der Waals surface area contributed by atoms with Gasteiger partial charge in [0.25, 0.3) is 0 Å². The van der Waals surface area contributed by atoms with Crippen molar-refractivity contribution in [3.63, 3.8) is 0 Å². The van der Waals surface area contributed by atoms with Gasteiger partial charge in [-0.05, 0) is 31.2 Å². The van der Waals surface area contributed by atoms with E-state index in [0.29, 0.717) is 17.2 Å². The normalized spacial score (nSPS) is 10.5. The SMILES string of the molecule is CC(=O)N/N=C\c1ccc(CNC(=O)C(=O)Nc2ccc(C)cc2)o1. The molecule has 3 amide bonds. The Bertz CT molecular complexity index is 793. The van der Waals surface area contributed by atoms with Crippen LogP contribution in [0, 0.1) is 6.92 Å². The number of nitrogens with zero attached hydrogens (tertiary/aromatic N) is 1. The van der Waals surface area contributed by atoms with E-state index in [2.05, 4.69) is 21.2 Å². The van der Waals surface area contributed by atoms with E-state index < -0.39 is 11.8 Å². The van der Waals surface area contributed by atoms with Gasteiger partial charge in [-0.1, -0.05) is 17.7 Å². The number of furan rings is 1. The van der Waals surface area contributed by atoms with Crippen molar-refractivity contribution in [1.82, 2.24) is 10.7 Å². The average Bonchev–Trinajstić information content (AvgIpc) is 3.02. The molecule has 0 aliphatic rings. The summed E-state index contributed by atoms with van der Waals surface area (Å²) in [5, 5.41) is 8.63. The van der Waals surface area contributed by atoms with Crippen molar-refractivity contribution >= 4 is 29.6 Å². The predicted molar refractivity (Wildman–Crippen MR) is 91.8 cm³/mol. The zero-order valence-corrected chi connectivity index (χ0v) is 13.8. The molecule has 0 saturated heterocycles. The van der Waals surface area contributed by atoms with Crippen LogP contribution in [-0.2, 0) is 20.9 Å². The lowest BCUT2D eigenvalue weighted by molar-refractivity contribution is -0.136. The summed E-state index contributed by atoms with van der Waals surface area (Å²) in [6.07, 6.45) is 1.33. The van der Waals surface area contributed by atoms with Crippen LogP contribution in [0.4, 0.5) is 5.69 Å². The first-order chi connectivity index (χ1) is 11.9. The van der Waals surface area contributed by atoms with Gasteiger partial charge < -0.3 is 15.1 Å². The minimum Gasteiger partial charge on any atom is -0.458 e. The van der Waals surface area contributed by atoms with E-state index >= 15 is 0 Å². The van der Waals surface area contributed by atoms with Crippen molar-refractivity contribution in [2.24, 2.45) is 5.10 Å². The van der Waals surface area contributed by atoms with Gasteiger partial charge in [0.05, 0.1) is 12.8 Å². The summed E-state index contributed by atoms with van der Waals surface area (Å²) in [7, 11) is 0. The maximum Gasteiger partial charge on any atom is 0.313 e. The highest BCUT2D eigenvalue weighted by molar-refractivity contribution is 6.39. The quantitative estimate of drug-likeness (QED) is 0.432. The lowest BCUT2D eigenvalue weighted by Gasteiger charge is -2.05. The van der Waals surface area contributed by atoms with E-state index in [1.54, 1.807) is 24.3 Å². The summed E-state index contributed by atoms with van der Waals surface area (Å²) in [6.45, 7) is 3.31. The van der Waals surface area contributed by atoms with E-state index in [1.807, 2.05) is 19.1 Å². The van der Waals surface area contributed by atoms with Crippen LogP contribution in [0.3, 0.4) is 0 Å². The summed E-state index contributed by atoms with van der Waals surface area (Å²) in [5.74, 6) is -0.981. The second-order valence-corrected chi connectivity index (χ2v) is 5.23. The molecule has 1 aromatic heterocycles. The largest absolute Gasteiger partial charge is 0.458 e. The topological polar surface area (TPSA) is 113 Å². The fourth-order valence-electron chi connectivity index (χ4n) is 1.82. The molecule has 0 spiro atoms. The molecule has 8 nitrogen and oxygen atoms in total. The third kappa shape index (κ3) is 5.94. The zero-order valence-electron chi connectivity index (χ0n) is 13.8. The van der Waals surface area contributed by atoms with Gasteiger partial charge in [-0.2, -0.15) is 5.10 Å². The van der Waals surface area contributed by atoms with Gasteiger partial charge in [-0.25, -0.2) is 5.43 Å². The first kappa shape index (κ1) is 17.9. The first-order valence-corrected chi connectivity index (χ1v) is 7.48. The molecule has 0 atom stereocenters. The number of amides is 3. The van der Waals surface area contributed by atoms with Gasteiger partial charge in [0.1, 0.15) is 11.5 Å². The molecular weight excluding hydrogens is 324 g/mol. The minimum atomic E-state index is -0.773. The zero-order chi connectivity index (χ0) is 18.2. The molecule has 0 unspecified atom stereocenters. The van der Waals surface area contributed by atoms with Gasteiger partial charge in [0.15, 0.2) is 0 Å². The lowest BCUT2D eigenvalue weighted by atomic mass is 10.2. The van der Waals surface area contributed by atoms with Crippen LogP contribution in [-0.4, -0.2) is 23.9 Å². The molecule has 2 aromatic rings. The fourth-order valence-corrected chi connectivity index (χ4v) is 1.82. The third-order valence-electron chi connectivity index (χ3n) is 3.04. The Morgan fingerprint density at radius 1 is 1.08 bits per heavy atom. The smallest absolute Gasteiger partial charge is 0.313 e. The van der Waals surface area contributed by atoms with Crippen LogP contribution < -0.4 is 16.1 Å². The Labute approximate surface area is 144 Å². The van der Waals surface area contributed by atoms with E-state index in [1.165, 1.54) is 13.1 Å². The van der Waals surface area contributed by atoms with E-state index in [0.717, 1.165) is 5.56 Å². The Morgan fingerprint density at radius 2 is 1.80 bits per heavy atom. The highest BCUT2D eigenvalue weighted by atomic mass is 16.3. The molecule has 0 bridgehead atoms. The number of carbonyl (C=O) groups is 3. The Morgan fingerprint density at radius 3 is 2.48 bits per heavy atom. The van der Waals surface area contributed by atoms with Gasteiger partial charge in [-0.15, -0.1) is 0 Å². The second kappa shape index (κ2) is 8.44.